The molecule has 0 heterocycles. The van der Waals surface area contributed by atoms with Gasteiger partial charge in [-0.2, -0.15) is 0 Å². The molecule has 0 radical (unpaired) electrons. The summed E-state index contributed by atoms with van der Waals surface area (Å²) in [5.41, 5.74) is 0.170. The molecule has 0 aliphatic heterocycles. The highest BCUT2D eigenvalue weighted by molar-refractivity contribution is 6.50. The van der Waals surface area contributed by atoms with Crippen LogP contribution in [0.15, 0.2) is 97.1 Å². The van der Waals surface area contributed by atoms with Gasteiger partial charge in [0.05, 0.1) is 0 Å². The molecule has 6 atom stereocenters. The van der Waals surface area contributed by atoms with E-state index in [9.17, 15) is 19.2 Å². The summed E-state index contributed by atoms with van der Waals surface area (Å²) in [6, 6.07) is 28.8. The highest BCUT2D eigenvalue weighted by atomic mass is 28.3. The average Bonchev–Trinajstić information content (AvgIpc) is 3.41. The van der Waals surface area contributed by atoms with E-state index in [2.05, 4.69) is 13.1 Å². The lowest BCUT2D eigenvalue weighted by Gasteiger charge is -2.27. The molecule has 0 aliphatic carbocycles. The van der Waals surface area contributed by atoms with Gasteiger partial charge in [0.1, 0.15) is 46.7 Å². The van der Waals surface area contributed by atoms with Crippen LogP contribution in [0, 0.1) is 10.8 Å². The predicted molar refractivity (Wildman–Crippen MR) is 379 cm³/mol. The van der Waals surface area contributed by atoms with Gasteiger partial charge in [0.2, 0.25) is 18.1 Å². The van der Waals surface area contributed by atoms with Crippen LogP contribution in [0.4, 0.5) is 0 Å². The van der Waals surface area contributed by atoms with E-state index in [1.54, 1.807) is 131 Å². The van der Waals surface area contributed by atoms with Gasteiger partial charge in [-0.25, -0.2) is 0 Å². The Balaban J connectivity index is -0.000000153. The molecule has 4 aromatic carbocycles. The molecule has 0 aliphatic rings. The van der Waals surface area contributed by atoms with Crippen molar-refractivity contribution >= 4 is 78.3 Å². The minimum atomic E-state index is -1.78. The van der Waals surface area contributed by atoms with Crippen LogP contribution in [-0.2, 0) is 35.4 Å². The molecule has 22 heteroatoms. The van der Waals surface area contributed by atoms with Gasteiger partial charge in [-0.1, -0.05) is 101 Å². The third kappa shape index (κ3) is 36.9. The topological polar surface area (TPSA) is 179 Å². The maximum absolute atomic E-state index is 12.5. The molecule has 500 valence electrons. The number of ketones is 4. The van der Waals surface area contributed by atoms with E-state index in [0.29, 0.717) is 29.3 Å². The van der Waals surface area contributed by atoms with Crippen LogP contribution in [0.1, 0.15) is 170 Å². The number of hydrogen-bond donors (Lipinski definition) is 0. The summed E-state index contributed by atoms with van der Waals surface area (Å²) in [5.74, 6) is 3.16. The molecule has 0 aromatic heterocycles. The van der Waals surface area contributed by atoms with Crippen LogP contribution >= 0.6 is 0 Å². The van der Waals surface area contributed by atoms with E-state index in [4.69, 9.17) is 53.7 Å². The molecular formula is C64H124O16Si6. The first-order valence-electron chi connectivity index (χ1n) is 26.0. The van der Waals surface area contributed by atoms with Crippen molar-refractivity contribution in [3.05, 3.63) is 119 Å². The Bertz CT molecular complexity index is 2380. The second kappa shape index (κ2) is 47.7. The number of benzene rings is 4. The van der Waals surface area contributed by atoms with Crippen molar-refractivity contribution < 1.29 is 72.9 Å². The fourth-order valence-electron chi connectivity index (χ4n) is 6.41. The van der Waals surface area contributed by atoms with Crippen LogP contribution < -0.4 is 18.3 Å². The lowest BCUT2D eigenvalue weighted by Crippen LogP contribution is -2.40. The van der Waals surface area contributed by atoms with Gasteiger partial charge in [-0.3, -0.25) is 19.2 Å². The molecule has 4 aromatic rings. The monoisotopic (exact) mass is 1320 g/mol. The molecule has 16 nitrogen and oxygen atoms in total. The zero-order valence-electron chi connectivity index (χ0n) is 50.6. The maximum Gasteiger partial charge on any atom is 0.378 e. The van der Waals surface area contributed by atoms with Gasteiger partial charge in [0.15, 0.2) is 23.1 Å². The molecular weight excluding hydrogens is 1190 g/mol. The number of rotatable bonds is 26. The average molecular weight is 1320 g/mol. The molecule has 0 fully saturated rings. The normalized spacial score (nSPS) is 12.6. The maximum atomic E-state index is 12.5. The smallest absolute Gasteiger partial charge is 0.378 e. The Morgan fingerprint density at radius 2 is 0.523 bits per heavy atom. The summed E-state index contributed by atoms with van der Waals surface area (Å²) >= 11 is 0. The Morgan fingerprint density at radius 1 is 0.314 bits per heavy atom. The summed E-state index contributed by atoms with van der Waals surface area (Å²) in [6.45, 7) is 30.4. The van der Waals surface area contributed by atoms with Crippen LogP contribution in [-0.4, -0.2) is 145 Å². The fourth-order valence-corrected chi connectivity index (χ4v) is 10.9. The van der Waals surface area contributed by atoms with E-state index in [0.717, 1.165) is 28.4 Å². The molecule has 86 heavy (non-hydrogen) atoms. The van der Waals surface area contributed by atoms with Crippen molar-refractivity contribution in [1.29, 1.82) is 0 Å². The molecule has 0 spiro atoms. The first-order chi connectivity index (χ1) is 36.3. The van der Waals surface area contributed by atoms with Crippen molar-refractivity contribution in [3.8, 4) is 23.0 Å². The van der Waals surface area contributed by atoms with Gasteiger partial charge in [0.25, 0.3) is 0 Å². The lowest BCUT2D eigenvalue weighted by atomic mass is 9.86. The first kappa shape index (κ1) is 98.0. The predicted octanol–water partition coefficient (Wildman–Crippen LogP) is 14.8. The van der Waals surface area contributed by atoms with Crippen molar-refractivity contribution in [1.82, 2.24) is 0 Å². The summed E-state index contributed by atoms with van der Waals surface area (Å²) in [6.07, 6.45) is 1.25. The van der Waals surface area contributed by atoms with Gasteiger partial charge < -0.3 is 53.7 Å². The van der Waals surface area contributed by atoms with E-state index < -0.39 is 66.4 Å². The third-order valence-corrected chi connectivity index (χ3v) is 20.1. The van der Waals surface area contributed by atoms with Crippen LogP contribution in [0.3, 0.4) is 0 Å². The largest absolute Gasteiger partial charge is 0.522 e. The van der Waals surface area contributed by atoms with Crippen LogP contribution in [0.5, 0.6) is 23.0 Å². The van der Waals surface area contributed by atoms with Crippen molar-refractivity contribution in [2.24, 2.45) is 10.8 Å². The highest BCUT2D eigenvalue weighted by Crippen LogP contribution is 2.26. The Kier molecular flexibility index (Phi) is 54.4. The molecule has 4 rings (SSSR count). The van der Waals surface area contributed by atoms with Crippen molar-refractivity contribution in [2.75, 3.05) is 55.1 Å². The molecule has 0 saturated heterocycles. The summed E-state index contributed by atoms with van der Waals surface area (Å²) < 4.78 is 65.1. The third-order valence-electron chi connectivity index (χ3n) is 11.5. The highest BCUT2D eigenvalue weighted by Gasteiger charge is 2.33. The Hall–Kier alpha value is -4.26. The minimum Gasteiger partial charge on any atom is -0.522 e. The summed E-state index contributed by atoms with van der Waals surface area (Å²) in [5, 5.41) is 0. The minimum absolute atomic E-state index is 0. The lowest BCUT2D eigenvalue weighted by molar-refractivity contribution is 0.0488. The van der Waals surface area contributed by atoms with Gasteiger partial charge >= 0.3 is 37.1 Å². The zero-order valence-corrected chi connectivity index (χ0v) is 57.6. The standard InChI is InChI=1S/C15H26O5Si2.C14H24O5Si2.C14H22O3Si.C13H20O3Si.8CH4/c1-15(2,20-22(6)18-4)14(16)12-7-9-13(10-8-12)19-11-21(5)17-3;1-14(2,19-21(6)17-4)13(15)11-7-9-12(10-8-11)18-20(5)16-3;1-14(2,3)13(15)11-6-8-12(9-7-11)17-10-18(5)16-4;1-13(2,3)12(14)10-6-8-11(9-7-10)16-17(5)15-4;;;;;;;;/h7-10,21-22H,11H2,1-6H3;7-10,20-21H,1-6H3;6-9,18H,10H2,1-5H3;6-9,17H,1-5H3;8*1H4. The van der Waals surface area contributed by atoms with E-state index in [1.807, 2.05) is 104 Å². The SMILES string of the molecule is C.C.C.C.C.C.C.C.CO[SiH](C)COc1ccc(C(=O)C(C)(C)C)cc1.CO[SiH](C)COc1ccc(C(=O)C(C)(C)O[SiH](C)OC)cc1.CO[SiH](C)Oc1ccc(C(=O)C(C)(C)C)cc1.CO[SiH](C)Oc1ccc(C(=O)C(C)(C)O[SiH](C)OC)cc1. The summed E-state index contributed by atoms with van der Waals surface area (Å²) in [7, 11) is 0.709. The number of carbonyl (C=O) groups excluding carboxylic acids is 4. The second-order valence-corrected chi connectivity index (χ2v) is 33.6. The molecule has 0 N–H and O–H groups in total. The number of ether oxygens (including phenoxy) is 2. The van der Waals surface area contributed by atoms with E-state index >= 15 is 0 Å². The van der Waals surface area contributed by atoms with Gasteiger partial charge in [-0.15, -0.1) is 0 Å². The molecule has 0 amide bonds. The van der Waals surface area contributed by atoms with Gasteiger partial charge in [-0.05, 0) is 164 Å². The second-order valence-electron chi connectivity index (χ2n) is 21.3. The van der Waals surface area contributed by atoms with Gasteiger partial charge in [0, 0.05) is 75.7 Å². The molecule has 6 unspecified atom stereocenters. The molecule has 0 saturated carbocycles. The van der Waals surface area contributed by atoms with E-state index in [-0.39, 0.29) is 93.4 Å². The number of Topliss-reactive ketones (excluding diaryl/α,β-unsaturated/α-hetero) is 4. The van der Waals surface area contributed by atoms with Crippen molar-refractivity contribution in [2.45, 2.75) is 179 Å². The van der Waals surface area contributed by atoms with Crippen LogP contribution in [0.25, 0.3) is 0 Å². The van der Waals surface area contributed by atoms with Crippen LogP contribution in [0.2, 0.25) is 39.3 Å². The first-order valence-corrected chi connectivity index (χ1v) is 39.3. The summed E-state index contributed by atoms with van der Waals surface area (Å²) in [4.78, 5) is 49.1. The number of carbonyl (C=O) groups is 4. The molecule has 0 bridgehead atoms. The fraction of sp³-hybridized carbons (Fsp3) is 0.562. The Morgan fingerprint density at radius 3 is 0.721 bits per heavy atom. The number of hydrogen-bond acceptors (Lipinski definition) is 16. The Labute approximate surface area is 535 Å². The zero-order chi connectivity index (χ0) is 59.6. The van der Waals surface area contributed by atoms with Crippen molar-refractivity contribution in [3.63, 3.8) is 0 Å². The quantitative estimate of drug-likeness (QED) is 0.0428. The van der Waals surface area contributed by atoms with E-state index in [1.165, 1.54) is 0 Å².